The van der Waals surface area contributed by atoms with Crippen molar-refractivity contribution in [1.82, 2.24) is 4.98 Å². The van der Waals surface area contributed by atoms with Gasteiger partial charge in [-0.15, -0.1) is 0 Å². The predicted octanol–water partition coefficient (Wildman–Crippen LogP) is 3.14. The van der Waals surface area contributed by atoms with E-state index in [4.69, 9.17) is 0 Å². The highest BCUT2D eigenvalue weighted by Gasteiger charge is 2.17. The number of rotatable bonds is 1. The standard InChI is InChI=1S/C14H15NO2/c16-14(17)11-7-4-6-10-9-5-2-1-3-8-12(9)15-13(10)11/h4,6-7,15H,1-3,5,8H2,(H,16,17). The number of benzene rings is 1. The van der Waals surface area contributed by atoms with E-state index in [1.165, 1.54) is 30.5 Å². The molecule has 3 nitrogen and oxygen atoms in total. The lowest BCUT2D eigenvalue weighted by Gasteiger charge is -1.99. The summed E-state index contributed by atoms with van der Waals surface area (Å²) in [6.07, 6.45) is 5.78. The summed E-state index contributed by atoms with van der Waals surface area (Å²) in [5.74, 6) is -0.855. The molecule has 0 saturated carbocycles. The van der Waals surface area contributed by atoms with Gasteiger partial charge in [0.05, 0.1) is 11.1 Å². The smallest absolute Gasteiger partial charge is 0.337 e. The quantitative estimate of drug-likeness (QED) is 0.738. The predicted molar refractivity (Wildman–Crippen MR) is 66.5 cm³/mol. The number of aromatic carboxylic acids is 1. The Hall–Kier alpha value is -1.77. The Kier molecular flexibility index (Phi) is 2.39. The van der Waals surface area contributed by atoms with Crippen LogP contribution in [0.4, 0.5) is 0 Å². The second-order valence-electron chi connectivity index (χ2n) is 4.68. The number of para-hydroxylation sites is 1. The van der Waals surface area contributed by atoms with Crippen molar-refractivity contribution in [2.75, 3.05) is 0 Å². The van der Waals surface area contributed by atoms with Gasteiger partial charge in [-0.1, -0.05) is 18.6 Å². The molecule has 1 aromatic heterocycles. The molecule has 0 amide bonds. The van der Waals surface area contributed by atoms with Gasteiger partial charge in [0.2, 0.25) is 0 Å². The minimum absolute atomic E-state index is 0.385. The topological polar surface area (TPSA) is 53.1 Å². The van der Waals surface area contributed by atoms with Crippen molar-refractivity contribution in [3.8, 4) is 0 Å². The van der Waals surface area contributed by atoms with E-state index >= 15 is 0 Å². The summed E-state index contributed by atoms with van der Waals surface area (Å²) < 4.78 is 0. The highest BCUT2D eigenvalue weighted by atomic mass is 16.4. The van der Waals surface area contributed by atoms with Crippen LogP contribution >= 0.6 is 0 Å². The Balaban J connectivity index is 2.27. The summed E-state index contributed by atoms with van der Waals surface area (Å²) in [6.45, 7) is 0. The van der Waals surface area contributed by atoms with Crippen molar-refractivity contribution in [2.45, 2.75) is 32.1 Å². The van der Waals surface area contributed by atoms with Crippen molar-refractivity contribution in [3.05, 3.63) is 35.0 Å². The van der Waals surface area contributed by atoms with Crippen LogP contribution in [-0.4, -0.2) is 16.1 Å². The molecule has 3 rings (SSSR count). The van der Waals surface area contributed by atoms with Gasteiger partial charge in [-0.2, -0.15) is 0 Å². The zero-order chi connectivity index (χ0) is 11.8. The van der Waals surface area contributed by atoms with Gasteiger partial charge in [0.25, 0.3) is 0 Å². The van der Waals surface area contributed by atoms with Crippen LogP contribution in [0, 0.1) is 0 Å². The average molecular weight is 229 g/mol. The molecule has 1 aliphatic carbocycles. The largest absolute Gasteiger partial charge is 0.478 e. The summed E-state index contributed by atoms with van der Waals surface area (Å²) >= 11 is 0. The number of hydrogen-bond acceptors (Lipinski definition) is 1. The van der Waals surface area contributed by atoms with E-state index in [0.717, 1.165) is 23.7 Å². The van der Waals surface area contributed by atoms with Gasteiger partial charge in [-0.3, -0.25) is 0 Å². The first-order valence-electron chi connectivity index (χ1n) is 6.13. The second kappa shape index (κ2) is 3.91. The summed E-state index contributed by atoms with van der Waals surface area (Å²) in [6, 6.07) is 5.54. The molecule has 0 radical (unpaired) electrons. The maximum Gasteiger partial charge on any atom is 0.337 e. The van der Waals surface area contributed by atoms with Gasteiger partial charge < -0.3 is 10.1 Å². The molecule has 2 N–H and O–H groups in total. The van der Waals surface area contributed by atoms with Crippen LogP contribution in [-0.2, 0) is 12.8 Å². The summed E-state index contributed by atoms with van der Waals surface area (Å²) in [4.78, 5) is 14.5. The number of hydrogen-bond donors (Lipinski definition) is 2. The van der Waals surface area contributed by atoms with Crippen LogP contribution in [0.15, 0.2) is 18.2 Å². The molecular weight excluding hydrogens is 214 g/mol. The van der Waals surface area contributed by atoms with Crippen LogP contribution < -0.4 is 0 Å². The van der Waals surface area contributed by atoms with E-state index in [-0.39, 0.29) is 0 Å². The van der Waals surface area contributed by atoms with Crippen molar-refractivity contribution in [2.24, 2.45) is 0 Å². The molecular formula is C14H15NO2. The molecule has 88 valence electrons. The minimum Gasteiger partial charge on any atom is -0.478 e. The van der Waals surface area contributed by atoms with Gasteiger partial charge in [0, 0.05) is 11.1 Å². The zero-order valence-corrected chi connectivity index (χ0v) is 9.62. The lowest BCUT2D eigenvalue weighted by Crippen LogP contribution is -1.97. The number of carboxylic acids is 1. The molecule has 0 saturated heterocycles. The molecule has 0 spiro atoms. The van der Waals surface area contributed by atoms with Crippen molar-refractivity contribution in [1.29, 1.82) is 0 Å². The average Bonchev–Trinajstić information content (AvgIpc) is 2.52. The highest BCUT2D eigenvalue weighted by Crippen LogP contribution is 2.30. The molecule has 1 aromatic carbocycles. The molecule has 2 aromatic rings. The number of H-pyrrole nitrogens is 1. The SMILES string of the molecule is O=C(O)c1cccc2c3c([nH]c12)CCCCC3. The fourth-order valence-electron chi connectivity index (χ4n) is 2.78. The summed E-state index contributed by atoms with van der Waals surface area (Å²) in [5, 5.41) is 10.3. The maximum atomic E-state index is 11.2. The highest BCUT2D eigenvalue weighted by molar-refractivity contribution is 6.03. The van der Waals surface area contributed by atoms with E-state index in [2.05, 4.69) is 4.98 Å². The van der Waals surface area contributed by atoms with E-state index in [9.17, 15) is 9.90 Å². The maximum absolute atomic E-state index is 11.2. The normalized spacial score (nSPS) is 15.5. The molecule has 1 aliphatic rings. The van der Waals surface area contributed by atoms with Crippen molar-refractivity contribution < 1.29 is 9.90 Å². The third-order valence-electron chi connectivity index (χ3n) is 3.61. The Labute approximate surface area is 99.5 Å². The van der Waals surface area contributed by atoms with E-state index in [0.29, 0.717) is 5.56 Å². The van der Waals surface area contributed by atoms with Crippen LogP contribution in [0.2, 0.25) is 0 Å². The first-order chi connectivity index (χ1) is 8.27. The van der Waals surface area contributed by atoms with Gasteiger partial charge in [0.15, 0.2) is 0 Å². The molecule has 17 heavy (non-hydrogen) atoms. The first-order valence-corrected chi connectivity index (χ1v) is 6.13. The fourth-order valence-corrected chi connectivity index (χ4v) is 2.78. The van der Waals surface area contributed by atoms with Gasteiger partial charge in [0.1, 0.15) is 0 Å². The summed E-state index contributed by atoms with van der Waals surface area (Å²) in [5.41, 5.74) is 3.76. The monoisotopic (exact) mass is 229 g/mol. The van der Waals surface area contributed by atoms with E-state index < -0.39 is 5.97 Å². The van der Waals surface area contributed by atoms with E-state index in [1.54, 1.807) is 6.07 Å². The summed E-state index contributed by atoms with van der Waals surface area (Å²) in [7, 11) is 0. The number of fused-ring (bicyclic) bond motifs is 3. The molecule has 0 atom stereocenters. The van der Waals surface area contributed by atoms with Crippen molar-refractivity contribution >= 4 is 16.9 Å². The number of carbonyl (C=O) groups is 1. The van der Waals surface area contributed by atoms with E-state index in [1.807, 2.05) is 12.1 Å². The lowest BCUT2D eigenvalue weighted by atomic mass is 10.0. The molecule has 0 fully saturated rings. The molecule has 3 heteroatoms. The van der Waals surface area contributed by atoms with Crippen LogP contribution in [0.25, 0.3) is 10.9 Å². The Morgan fingerprint density at radius 3 is 2.82 bits per heavy atom. The van der Waals surface area contributed by atoms with Gasteiger partial charge in [-0.25, -0.2) is 4.79 Å². The third kappa shape index (κ3) is 1.62. The van der Waals surface area contributed by atoms with Crippen LogP contribution in [0.5, 0.6) is 0 Å². The molecule has 0 unspecified atom stereocenters. The Morgan fingerprint density at radius 2 is 2.00 bits per heavy atom. The first kappa shape index (κ1) is 10.4. The third-order valence-corrected chi connectivity index (χ3v) is 3.61. The van der Waals surface area contributed by atoms with Gasteiger partial charge >= 0.3 is 5.97 Å². The van der Waals surface area contributed by atoms with Crippen LogP contribution in [0.3, 0.4) is 0 Å². The molecule has 0 aliphatic heterocycles. The number of aryl methyl sites for hydroxylation is 2. The van der Waals surface area contributed by atoms with Crippen LogP contribution in [0.1, 0.15) is 40.9 Å². The Bertz CT molecular complexity index is 583. The fraction of sp³-hybridized carbons (Fsp3) is 0.357. The minimum atomic E-state index is -0.855. The number of carboxylic acid groups (broad SMARTS) is 1. The number of nitrogens with one attached hydrogen (secondary N) is 1. The number of aromatic nitrogens is 1. The molecule has 0 bridgehead atoms. The second-order valence-corrected chi connectivity index (χ2v) is 4.68. The molecule has 1 heterocycles. The Morgan fingerprint density at radius 1 is 1.18 bits per heavy atom. The lowest BCUT2D eigenvalue weighted by molar-refractivity contribution is 0.0699. The zero-order valence-electron chi connectivity index (χ0n) is 9.62. The number of aromatic amines is 1. The van der Waals surface area contributed by atoms with Crippen molar-refractivity contribution in [3.63, 3.8) is 0 Å². The van der Waals surface area contributed by atoms with Gasteiger partial charge in [-0.05, 0) is 37.3 Å².